The molecule has 3 amide bonds. The van der Waals surface area contributed by atoms with E-state index in [9.17, 15) is 19.2 Å². The van der Waals surface area contributed by atoms with Gasteiger partial charge in [0.15, 0.2) is 12.3 Å². The van der Waals surface area contributed by atoms with Gasteiger partial charge in [0.25, 0.3) is 0 Å². The standard InChI is InChI=1S/C46H49N5O7/c1-4-47-44(37-23-15-8-16-24-37)58-46(55)51-50-40(45(54)57-31-33-17-9-5-10-18-33)30-29-39(42(52)48-32(2)34-25-27-38(56-3)28-26-34)49-43(53)41(35-19-11-6-12-20-35)36-21-13-7-14-22-36/h5-28,32,39-41,44,47H,4,29-31H2,1-3H3,(H,48,52)(H,49,53)/t32?,39-,40?,44?/m1/s1. The van der Waals surface area contributed by atoms with Crippen LogP contribution in [0.5, 0.6) is 5.75 Å². The molecule has 0 aliphatic rings. The molecular formula is C46H49N5O7. The number of rotatable bonds is 19. The van der Waals surface area contributed by atoms with Crippen LogP contribution in [0, 0.1) is 0 Å². The van der Waals surface area contributed by atoms with Crippen LogP contribution in [-0.2, 0) is 30.5 Å². The van der Waals surface area contributed by atoms with Gasteiger partial charge in [-0.25, -0.2) is 9.59 Å². The number of methoxy groups -OCH3 is 1. The number of esters is 1. The first-order chi connectivity index (χ1) is 28.2. The zero-order valence-electron chi connectivity index (χ0n) is 32.8. The zero-order chi connectivity index (χ0) is 41.1. The third-order valence-corrected chi connectivity index (χ3v) is 9.35. The summed E-state index contributed by atoms with van der Waals surface area (Å²) in [6.45, 7) is 4.15. The fourth-order valence-electron chi connectivity index (χ4n) is 6.25. The predicted molar refractivity (Wildman–Crippen MR) is 220 cm³/mol. The van der Waals surface area contributed by atoms with Gasteiger partial charge in [0, 0.05) is 5.56 Å². The maximum absolute atomic E-state index is 14.3. The molecule has 5 aromatic rings. The molecule has 0 saturated carbocycles. The minimum Gasteiger partial charge on any atom is -0.497 e. The van der Waals surface area contributed by atoms with Crippen LogP contribution in [0.15, 0.2) is 156 Å². The van der Waals surface area contributed by atoms with E-state index in [1.54, 1.807) is 43.5 Å². The molecule has 0 saturated heterocycles. The predicted octanol–water partition coefficient (Wildman–Crippen LogP) is 7.98. The Morgan fingerprint density at radius 1 is 0.638 bits per heavy atom. The molecule has 0 radical (unpaired) electrons. The van der Waals surface area contributed by atoms with Gasteiger partial charge in [0.1, 0.15) is 18.4 Å². The lowest BCUT2D eigenvalue weighted by Gasteiger charge is -2.25. The average Bonchev–Trinajstić information content (AvgIpc) is 3.26. The summed E-state index contributed by atoms with van der Waals surface area (Å²) in [6.07, 6.45) is -2.01. The molecule has 0 heterocycles. The van der Waals surface area contributed by atoms with Crippen LogP contribution in [0.3, 0.4) is 0 Å². The minimum atomic E-state index is -1.32. The topological polar surface area (TPSA) is 157 Å². The number of ether oxygens (including phenoxy) is 3. The Morgan fingerprint density at radius 3 is 1.74 bits per heavy atom. The summed E-state index contributed by atoms with van der Waals surface area (Å²) in [5.74, 6) is -1.75. The van der Waals surface area contributed by atoms with Gasteiger partial charge in [-0.2, -0.15) is 5.11 Å². The third-order valence-electron chi connectivity index (χ3n) is 9.35. The Kier molecular flexibility index (Phi) is 16.2. The highest BCUT2D eigenvalue weighted by atomic mass is 16.6. The van der Waals surface area contributed by atoms with E-state index in [0.29, 0.717) is 17.9 Å². The SMILES string of the molecule is CCNC(OC(=O)N=NC(CC[C@@H](NC(=O)C(c1ccccc1)c1ccccc1)C(=O)NC(C)c1ccc(OC)cc1)C(=O)OCc1ccccc1)c1ccccc1. The summed E-state index contributed by atoms with van der Waals surface area (Å²) in [4.78, 5) is 55.1. The Hall–Kier alpha value is -6.66. The first-order valence-corrected chi connectivity index (χ1v) is 19.2. The van der Waals surface area contributed by atoms with Gasteiger partial charge in [0.2, 0.25) is 11.8 Å². The molecule has 12 nitrogen and oxygen atoms in total. The fourth-order valence-corrected chi connectivity index (χ4v) is 6.25. The molecule has 5 rings (SSSR count). The second-order valence-corrected chi connectivity index (χ2v) is 13.5. The summed E-state index contributed by atoms with van der Waals surface area (Å²) in [6, 6.07) is 41.1. The van der Waals surface area contributed by atoms with Crippen molar-refractivity contribution in [3.05, 3.63) is 173 Å². The molecule has 0 aliphatic heterocycles. The van der Waals surface area contributed by atoms with Crippen LogP contribution in [0.4, 0.5) is 4.79 Å². The van der Waals surface area contributed by atoms with Gasteiger partial charge in [0.05, 0.1) is 19.1 Å². The van der Waals surface area contributed by atoms with Crippen molar-refractivity contribution in [1.82, 2.24) is 16.0 Å². The number of amides is 3. The molecular weight excluding hydrogens is 735 g/mol. The largest absolute Gasteiger partial charge is 0.497 e. The fraction of sp³-hybridized carbons (Fsp3) is 0.261. The van der Waals surface area contributed by atoms with Crippen molar-refractivity contribution in [3.8, 4) is 5.75 Å². The van der Waals surface area contributed by atoms with Crippen molar-refractivity contribution in [2.24, 2.45) is 10.2 Å². The Morgan fingerprint density at radius 2 is 1.19 bits per heavy atom. The molecule has 12 heteroatoms. The van der Waals surface area contributed by atoms with Crippen molar-refractivity contribution in [1.29, 1.82) is 0 Å². The monoisotopic (exact) mass is 783 g/mol. The van der Waals surface area contributed by atoms with Gasteiger partial charge >= 0.3 is 12.1 Å². The van der Waals surface area contributed by atoms with Crippen LogP contribution >= 0.6 is 0 Å². The van der Waals surface area contributed by atoms with Crippen LogP contribution in [0.2, 0.25) is 0 Å². The smallest absolute Gasteiger partial charge is 0.453 e. The van der Waals surface area contributed by atoms with Gasteiger partial charge in [-0.3, -0.25) is 14.9 Å². The molecule has 0 aliphatic carbocycles. The van der Waals surface area contributed by atoms with E-state index in [2.05, 4.69) is 26.2 Å². The summed E-state index contributed by atoms with van der Waals surface area (Å²) in [5.41, 5.74) is 3.72. The number of carbonyl (C=O) groups is 4. The van der Waals surface area contributed by atoms with Crippen LogP contribution in [-0.4, -0.2) is 49.6 Å². The molecule has 5 aromatic carbocycles. The highest BCUT2D eigenvalue weighted by Crippen LogP contribution is 2.26. The number of hydrogen-bond donors (Lipinski definition) is 3. The highest BCUT2D eigenvalue weighted by Gasteiger charge is 2.31. The summed E-state index contributed by atoms with van der Waals surface area (Å²) in [5, 5.41) is 16.9. The van der Waals surface area contributed by atoms with E-state index in [4.69, 9.17) is 14.2 Å². The molecule has 0 spiro atoms. The van der Waals surface area contributed by atoms with E-state index in [1.807, 2.05) is 123 Å². The van der Waals surface area contributed by atoms with Gasteiger partial charge in [-0.15, -0.1) is 0 Å². The molecule has 3 N–H and O–H groups in total. The molecule has 3 unspecified atom stereocenters. The van der Waals surface area contributed by atoms with Crippen LogP contribution in [0.1, 0.15) is 72.7 Å². The number of nitrogens with one attached hydrogen (secondary N) is 3. The molecule has 58 heavy (non-hydrogen) atoms. The van der Waals surface area contributed by atoms with Gasteiger partial charge in [-0.1, -0.05) is 145 Å². The number of azo groups is 1. The second-order valence-electron chi connectivity index (χ2n) is 13.5. The van der Waals surface area contributed by atoms with E-state index >= 15 is 0 Å². The maximum atomic E-state index is 14.3. The van der Waals surface area contributed by atoms with Gasteiger partial charge in [-0.05, 0) is 60.7 Å². The minimum absolute atomic E-state index is 0.0531. The van der Waals surface area contributed by atoms with E-state index in [0.717, 1.165) is 22.3 Å². The number of benzene rings is 5. The molecule has 4 atom stereocenters. The van der Waals surface area contributed by atoms with Crippen molar-refractivity contribution in [2.45, 2.75) is 63.6 Å². The summed E-state index contributed by atoms with van der Waals surface area (Å²) < 4.78 is 16.5. The lowest BCUT2D eigenvalue weighted by Crippen LogP contribution is -2.49. The van der Waals surface area contributed by atoms with Crippen LogP contribution in [0.25, 0.3) is 0 Å². The van der Waals surface area contributed by atoms with Crippen LogP contribution < -0.4 is 20.7 Å². The van der Waals surface area contributed by atoms with Crippen molar-refractivity contribution in [2.75, 3.05) is 13.7 Å². The van der Waals surface area contributed by atoms with Crippen molar-refractivity contribution in [3.63, 3.8) is 0 Å². The Bertz CT molecular complexity index is 2030. The highest BCUT2D eigenvalue weighted by molar-refractivity contribution is 5.92. The molecule has 300 valence electrons. The van der Waals surface area contributed by atoms with Gasteiger partial charge < -0.3 is 24.8 Å². The lowest BCUT2D eigenvalue weighted by atomic mass is 9.90. The first kappa shape index (κ1) is 42.5. The third kappa shape index (κ3) is 12.7. The quantitative estimate of drug-likeness (QED) is 0.0433. The van der Waals surface area contributed by atoms with E-state index < -0.39 is 54.1 Å². The summed E-state index contributed by atoms with van der Waals surface area (Å²) in [7, 11) is 1.57. The first-order valence-electron chi connectivity index (χ1n) is 19.2. The number of hydrogen-bond acceptors (Lipinski definition) is 9. The Balaban J connectivity index is 1.40. The number of carbonyl (C=O) groups excluding carboxylic acids is 4. The lowest BCUT2D eigenvalue weighted by molar-refractivity contribution is -0.147. The second kappa shape index (κ2) is 22.2. The molecule has 0 fully saturated rings. The molecule has 0 bridgehead atoms. The normalized spacial score (nSPS) is 13.2. The van der Waals surface area contributed by atoms with E-state index in [1.165, 1.54) is 0 Å². The zero-order valence-corrected chi connectivity index (χ0v) is 32.8. The summed E-state index contributed by atoms with van der Waals surface area (Å²) >= 11 is 0. The van der Waals surface area contributed by atoms with Crippen molar-refractivity contribution < 1.29 is 33.4 Å². The number of nitrogens with zero attached hydrogens (tertiary/aromatic N) is 2. The Labute approximate surface area is 339 Å². The van der Waals surface area contributed by atoms with Crippen molar-refractivity contribution >= 4 is 23.9 Å². The maximum Gasteiger partial charge on any atom is 0.453 e. The molecule has 0 aromatic heterocycles. The van der Waals surface area contributed by atoms with E-state index in [-0.39, 0.29) is 19.4 Å². The average molecular weight is 784 g/mol.